The lowest BCUT2D eigenvalue weighted by atomic mass is 10.1. The molecule has 2 aliphatic rings. The first-order chi connectivity index (χ1) is 20.7. The molecule has 2 atom stereocenters. The third-order valence-corrected chi connectivity index (χ3v) is 14.3. The minimum atomic E-state index is -2.58. The Kier molecular flexibility index (Phi) is 8.05. The summed E-state index contributed by atoms with van der Waals surface area (Å²) in [5.41, 5.74) is 2.15. The Morgan fingerprint density at radius 1 is 0.907 bits per heavy atom. The summed E-state index contributed by atoms with van der Waals surface area (Å²) in [7, 11) is -2.58. The van der Waals surface area contributed by atoms with Crippen LogP contribution in [0.4, 0.5) is 10.6 Å². The Balaban J connectivity index is 1.17. The highest BCUT2D eigenvalue weighted by atomic mass is 28.4. The summed E-state index contributed by atoms with van der Waals surface area (Å²) in [5, 5.41) is 10.3. The molecule has 1 heterocycles. The molecular weight excluding hydrogens is 551 g/mol. The van der Waals surface area contributed by atoms with Gasteiger partial charge in [0, 0.05) is 29.8 Å². The monoisotopic (exact) mass is 593 g/mol. The smallest absolute Gasteiger partial charge is 0.413 e. The van der Waals surface area contributed by atoms with Crippen LogP contribution >= 0.6 is 0 Å². The molecule has 0 saturated heterocycles. The van der Waals surface area contributed by atoms with Gasteiger partial charge in [-0.15, -0.1) is 0 Å². The number of ether oxygens (including phenoxy) is 1. The van der Waals surface area contributed by atoms with Crippen molar-refractivity contribution in [3.8, 4) is 0 Å². The van der Waals surface area contributed by atoms with Gasteiger partial charge in [0.05, 0.1) is 0 Å². The average Bonchev–Trinajstić information content (AvgIpc) is 3.29. The number of fused-ring (bicyclic) bond motifs is 1. The topological polar surface area (TPSA) is 65.4 Å². The van der Waals surface area contributed by atoms with E-state index < -0.39 is 14.4 Å². The molecule has 2 saturated carbocycles. The van der Waals surface area contributed by atoms with Gasteiger partial charge in [-0.25, -0.2) is 4.79 Å². The van der Waals surface area contributed by atoms with Crippen molar-refractivity contribution in [2.75, 3.05) is 5.32 Å². The van der Waals surface area contributed by atoms with Crippen LogP contribution in [0.3, 0.4) is 0 Å². The van der Waals surface area contributed by atoms with Gasteiger partial charge in [-0.1, -0.05) is 112 Å². The lowest BCUT2D eigenvalue weighted by molar-refractivity contribution is 0.155. The summed E-state index contributed by atoms with van der Waals surface area (Å²) < 4.78 is 15.0. The fraction of sp³-hybridized carbons (Fsp3) is 0.389. The second-order valence-electron chi connectivity index (χ2n) is 13.4. The van der Waals surface area contributed by atoms with E-state index in [1.165, 1.54) is 16.1 Å². The molecule has 1 N–H and O–H groups in total. The summed E-state index contributed by atoms with van der Waals surface area (Å²) in [5.74, 6) is 2.11. The van der Waals surface area contributed by atoms with Gasteiger partial charge >= 0.3 is 6.09 Å². The highest BCUT2D eigenvalue weighted by molar-refractivity contribution is 6.99. The van der Waals surface area contributed by atoms with E-state index in [-0.39, 0.29) is 23.8 Å². The van der Waals surface area contributed by atoms with Crippen molar-refractivity contribution in [3.05, 3.63) is 108 Å². The SMILES string of the molecule is CC(C)n1nc(NC(=O)OCc2ccccc2)cc1C1C2CC(O[Si](c3ccccc3)(c3ccccc3)C(C)(C)C)CC21. The Labute approximate surface area is 256 Å². The molecule has 6 nitrogen and oxygen atoms in total. The lowest BCUT2D eigenvalue weighted by Gasteiger charge is -2.45. The van der Waals surface area contributed by atoms with E-state index in [0.717, 1.165) is 18.4 Å². The summed E-state index contributed by atoms with van der Waals surface area (Å²) in [6, 6.07) is 33.8. The van der Waals surface area contributed by atoms with Crippen LogP contribution in [0.5, 0.6) is 0 Å². The van der Waals surface area contributed by atoms with Crippen molar-refractivity contribution in [1.29, 1.82) is 0 Å². The second-order valence-corrected chi connectivity index (χ2v) is 17.7. The normalized spacial score (nSPS) is 21.4. The van der Waals surface area contributed by atoms with Gasteiger partial charge in [-0.3, -0.25) is 10.00 Å². The maximum Gasteiger partial charge on any atom is 0.413 e. The van der Waals surface area contributed by atoms with Crippen molar-refractivity contribution in [2.24, 2.45) is 11.8 Å². The molecule has 1 amide bonds. The standard InChI is InChI=1S/C36H43N3O3Si/c1-25(2)39-32(23-33(38-39)37-35(40)41-24-26-15-9-6-10-16-26)34-30-21-27(22-31(30)34)42-43(36(3,4)5,28-17-11-7-12-18-28)29-19-13-8-14-20-29/h6-20,23,25,27,30-31,34H,21-22,24H2,1-5H3,(H,37,38,40). The van der Waals surface area contributed by atoms with E-state index in [0.29, 0.717) is 23.6 Å². The van der Waals surface area contributed by atoms with Gasteiger partial charge in [-0.2, -0.15) is 5.10 Å². The number of anilines is 1. The Morgan fingerprint density at radius 3 is 1.95 bits per heavy atom. The zero-order valence-corrected chi connectivity index (χ0v) is 26.9. The molecule has 7 heteroatoms. The van der Waals surface area contributed by atoms with E-state index in [2.05, 4.69) is 105 Å². The zero-order valence-electron chi connectivity index (χ0n) is 25.9. The third kappa shape index (κ3) is 5.80. The molecule has 0 bridgehead atoms. The number of aromatic nitrogens is 2. The van der Waals surface area contributed by atoms with Gasteiger partial charge < -0.3 is 9.16 Å². The van der Waals surface area contributed by atoms with Crippen LogP contribution in [0, 0.1) is 11.8 Å². The summed E-state index contributed by atoms with van der Waals surface area (Å²) in [6.07, 6.45) is 1.83. The largest absolute Gasteiger partial charge is 0.444 e. The number of rotatable bonds is 9. The molecule has 2 unspecified atom stereocenters. The van der Waals surface area contributed by atoms with Crippen LogP contribution in [0.1, 0.15) is 70.7 Å². The molecule has 3 aromatic carbocycles. The van der Waals surface area contributed by atoms with E-state index in [4.69, 9.17) is 14.3 Å². The molecule has 2 aliphatic carbocycles. The zero-order chi connectivity index (χ0) is 30.2. The number of nitrogens with one attached hydrogen (secondary N) is 1. The first kappa shape index (κ1) is 29.4. The number of hydrogen-bond acceptors (Lipinski definition) is 4. The number of carbonyl (C=O) groups is 1. The Morgan fingerprint density at radius 2 is 1.44 bits per heavy atom. The predicted octanol–water partition coefficient (Wildman–Crippen LogP) is 7.28. The summed E-state index contributed by atoms with van der Waals surface area (Å²) in [6.45, 7) is 11.5. The average molecular weight is 594 g/mol. The van der Waals surface area contributed by atoms with Crippen molar-refractivity contribution in [3.63, 3.8) is 0 Å². The molecule has 0 spiro atoms. The maximum atomic E-state index is 12.6. The van der Waals surface area contributed by atoms with Gasteiger partial charge in [-0.05, 0) is 59.5 Å². The van der Waals surface area contributed by atoms with Crippen molar-refractivity contribution >= 4 is 30.6 Å². The van der Waals surface area contributed by atoms with Crippen LogP contribution < -0.4 is 15.7 Å². The van der Waals surface area contributed by atoms with Gasteiger partial charge in [0.25, 0.3) is 8.32 Å². The van der Waals surface area contributed by atoms with Crippen LogP contribution in [-0.4, -0.2) is 30.3 Å². The first-order valence-corrected chi connectivity index (χ1v) is 17.4. The molecule has 0 radical (unpaired) electrons. The summed E-state index contributed by atoms with van der Waals surface area (Å²) in [4.78, 5) is 12.6. The van der Waals surface area contributed by atoms with E-state index in [1.54, 1.807) is 0 Å². The Bertz CT molecular complexity index is 1480. The van der Waals surface area contributed by atoms with Crippen molar-refractivity contribution in [1.82, 2.24) is 9.78 Å². The number of carbonyl (C=O) groups excluding carboxylic acids is 1. The van der Waals surface area contributed by atoms with Crippen LogP contribution in [-0.2, 0) is 15.8 Å². The molecular formula is C36H43N3O3Si. The molecule has 43 heavy (non-hydrogen) atoms. The molecule has 4 aromatic rings. The number of nitrogens with zero attached hydrogens (tertiary/aromatic N) is 2. The fourth-order valence-electron chi connectivity index (χ4n) is 7.26. The maximum absolute atomic E-state index is 12.6. The van der Waals surface area contributed by atoms with Gasteiger partial charge in [0.2, 0.25) is 0 Å². The highest BCUT2D eigenvalue weighted by Crippen LogP contribution is 2.64. The van der Waals surface area contributed by atoms with E-state index >= 15 is 0 Å². The minimum absolute atomic E-state index is 0.0339. The number of hydrogen-bond donors (Lipinski definition) is 1. The van der Waals surface area contributed by atoms with Crippen molar-refractivity contribution in [2.45, 2.75) is 77.2 Å². The Hall–Kier alpha value is -3.68. The highest BCUT2D eigenvalue weighted by Gasteiger charge is 2.61. The predicted molar refractivity (Wildman–Crippen MR) is 174 cm³/mol. The molecule has 224 valence electrons. The lowest BCUT2D eigenvalue weighted by Crippen LogP contribution is -2.67. The fourth-order valence-corrected chi connectivity index (χ4v) is 12.0. The van der Waals surface area contributed by atoms with Gasteiger partial charge in [0.15, 0.2) is 5.82 Å². The van der Waals surface area contributed by atoms with Crippen LogP contribution in [0.2, 0.25) is 5.04 Å². The van der Waals surface area contributed by atoms with E-state index in [1.807, 2.05) is 36.4 Å². The second kappa shape index (κ2) is 11.8. The third-order valence-electron chi connectivity index (χ3n) is 9.20. The van der Waals surface area contributed by atoms with E-state index in [9.17, 15) is 4.79 Å². The molecule has 1 aromatic heterocycles. The molecule has 0 aliphatic heterocycles. The van der Waals surface area contributed by atoms with Crippen molar-refractivity contribution < 1.29 is 14.0 Å². The summed E-state index contributed by atoms with van der Waals surface area (Å²) >= 11 is 0. The van der Waals surface area contributed by atoms with Crippen LogP contribution in [0.25, 0.3) is 0 Å². The first-order valence-electron chi connectivity index (χ1n) is 15.5. The number of benzene rings is 3. The molecule has 6 rings (SSSR count). The van der Waals surface area contributed by atoms with Gasteiger partial charge in [0.1, 0.15) is 6.61 Å². The quantitative estimate of drug-likeness (QED) is 0.207. The minimum Gasteiger partial charge on any atom is -0.444 e. The number of amides is 1. The van der Waals surface area contributed by atoms with Crippen LogP contribution in [0.15, 0.2) is 97.1 Å². The molecule has 2 fully saturated rings.